The minimum atomic E-state index is -3.90. The zero-order chi connectivity index (χ0) is 18.9. The summed E-state index contributed by atoms with van der Waals surface area (Å²) in [4.78, 5) is 25.9. The fourth-order valence-corrected chi connectivity index (χ4v) is 4.45. The smallest absolute Gasteiger partial charge is 0.241 e. The van der Waals surface area contributed by atoms with E-state index in [4.69, 9.17) is 4.74 Å². The van der Waals surface area contributed by atoms with Crippen LogP contribution < -0.4 is 10.0 Å². The van der Waals surface area contributed by atoms with E-state index >= 15 is 0 Å². The molecule has 1 saturated heterocycles. The molecule has 0 radical (unpaired) electrons. The average Bonchev–Trinajstić information content (AvgIpc) is 2.99. The first-order chi connectivity index (χ1) is 12.3. The lowest BCUT2D eigenvalue weighted by molar-refractivity contribution is -0.138. The molecule has 1 fully saturated rings. The van der Waals surface area contributed by atoms with E-state index in [9.17, 15) is 18.0 Å². The molecule has 1 atom stereocenters. The number of amides is 2. The summed E-state index contributed by atoms with van der Waals surface area (Å²) in [5.41, 5.74) is 1.26. The Morgan fingerprint density at radius 2 is 1.96 bits per heavy atom. The van der Waals surface area contributed by atoms with Gasteiger partial charge in [0.2, 0.25) is 21.8 Å². The normalized spacial score (nSPS) is 18.6. The zero-order valence-electron chi connectivity index (χ0n) is 14.8. The van der Waals surface area contributed by atoms with E-state index in [1.807, 2.05) is 0 Å². The fraction of sp³-hybridized carbons (Fsp3) is 0.529. The number of nitrogens with zero attached hydrogens (tertiary/aromatic N) is 1. The number of ether oxygens (including phenoxy) is 1. The summed E-state index contributed by atoms with van der Waals surface area (Å²) < 4.78 is 33.4. The van der Waals surface area contributed by atoms with Crippen LogP contribution >= 0.6 is 0 Å². The van der Waals surface area contributed by atoms with Crippen LogP contribution in [0.2, 0.25) is 0 Å². The van der Waals surface area contributed by atoms with Gasteiger partial charge in [-0.05, 0) is 29.7 Å². The summed E-state index contributed by atoms with van der Waals surface area (Å²) in [6, 6.07) is 3.63. The summed E-state index contributed by atoms with van der Waals surface area (Å²) in [5, 5.41) is 2.67. The topological polar surface area (TPSA) is 105 Å². The number of carbonyl (C=O) groups is 2. The van der Waals surface area contributed by atoms with Crippen molar-refractivity contribution in [2.75, 3.05) is 31.6 Å². The highest BCUT2D eigenvalue weighted by Gasteiger charge is 2.33. The quantitative estimate of drug-likeness (QED) is 0.765. The highest BCUT2D eigenvalue weighted by atomic mass is 32.2. The number of nitrogens with one attached hydrogen (secondary N) is 2. The van der Waals surface area contributed by atoms with Gasteiger partial charge >= 0.3 is 0 Å². The molecule has 0 bridgehead atoms. The van der Waals surface area contributed by atoms with Gasteiger partial charge in [-0.15, -0.1) is 0 Å². The van der Waals surface area contributed by atoms with E-state index in [1.165, 1.54) is 12.1 Å². The molecule has 2 N–H and O–H groups in total. The average molecular weight is 381 g/mol. The van der Waals surface area contributed by atoms with Crippen molar-refractivity contribution in [3.05, 3.63) is 23.8 Å². The number of hydrogen-bond donors (Lipinski definition) is 2. The second-order valence-electron chi connectivity index (χ2n) is 6.82. The molecule has 1 aromatic carbocycles. The molecule has 0 unspecified atom stereocenters. The maximum absolute atomic E-state index is 12.8. The van der Waals surface area contributed by atoms with Crippen molar-refractivity contribution in [1.82, 2.24) is 9.62 Å². The van der Waals surface area contributed by atoms with Gasteiger partial charge in [0, 0.05) is 18.8 Å². The lowest BCUT2D eigenvalue weighted by Gasteiger charge is -2.32. The van der Waals surface area contributed by atoms with Crippen LogP contribution in [0, 0.1) is 5.92 Å². The van der Waals surface area contributed by atoms with Crippen molar-refractivity contribution in [3.8, 4) is 0 Å². The lowest BCUT2D eigenvalue weighted by Crippen LogP contribution is -2.53. The van der Waals surface area contributed by atoms with Gasteiger partial charge in [-0.1, -0.05) is 13.8 Å². The molecule has 2 heterocycles. The molecule has 1 aromatic rings. The summed E-state index contributed by atoms with van der Waals surface area (Å²) in [7, 11) is -3.90. The Labute approximate surface area is 152 Å². The predicted octanol–water partition coefficient (Wildman–Crippen LogP) is 0.343. The molecule has 9 heteroatoms. The maximum Gasteiger partial charge on any atom is 0.241 e. The Balaban J connectivity index is 1.81. The highest BCUT2D eigenvalue weighted by Crippen LogP contribution is 2.26. The van der Waals surface area contributed by atoms with Crippen molar-refractivity contribution in [2.45, 2.75) is 31.2 Å². The summed E-state index contributed by atoms with van der Waals surface area (Å²) >= 11 is 0. The monoisotopic (exact) mass is 381 g/mol. The van der Waals surface area contributed by atoms with Crippen molar-refractivity contribution in [2.24, 2.45) is 5.92 Å². The molecule has 2 aliphatic rings. The van der Waals surface area contributed by atoms with E-state index in [1.54, 1.807) is 24.8 Å². The minimum Gasteiger partial charge on any atom is -0.378 e. The van der Waals surface area contributed by atoms with E-state index in [-0.39, 0.29) is 29.0 Å². The molecule has 0 aliphatic carbocycles. The summed E-state index contributed by atoms with van der Waals surface area (Å²) in [6.45, 7) is 5.42. The molecule has 8 nitrogen and oxygen atoms in total. The van der Waals surface area contributed by atoms with Gasteiger partial charge in [0.05, 0.1) is 24.5 Å². The Hall–Kier alpha value is -1.97. The molecule has 2 aliphatic heterocycles. The first kappa shape index (κ1) is 18.8. The number of hydrogen-bond acceptors (Lipinski definition) is 5. The number of benzene rings is 1. The van der Waals surface area contributed by atoms with Crippen LogP contribution in [0.1, 0.15) is 19.4 Å². The third-order valence-corrected chi connectivity index (χ3v) is 5.99. The number of sulfonamides is 1. The Morgan fingerprint density at radius 3 is 2.62 bits per heavy atom. The Kier molecular flexibility index (Phi) is 5.31. The van der Waals surface area contributed by atoms with Crippen LogP contribution in [0.15, 0.2) is 23.1 Å². The minimum absolute atomic E-state index is 0.0492. The van der Waals surface area contributed by atoms with Crippen molar-refractivity contribution < 1.29 is 22.7 Å². The van der Waals surface area contributed by atoms with Gasteiger partial charge < -0.3 is 15.0 Å². The summed E-state index contributed by atoms with van der Waals surface area (Å²) in [5.74, 6) is -0.618. The van der Waals surface area contributed by atoms with E-state index in [2.05, 4.69) is 10.0 Å². The third-order valence-electron chi connectivity index (χ3n) is 4.55. The van der Waals surface area contributed by atoms with Crippen LogP contribution in [0.5, 0.6) is 0 Å². The third kappa shape index (κ3) is 3.89. The van der Waals surface area contributed by atoms with Gasteiger partial charge in [0.25, 0.3) is 0 Å². The lowest BCUT2D eigenvalue weighted by atomic mass is 10.0. The largest absolute Gasteiger partial charge is 0.378 e. The number of carbonyl (C=O) groups excluding carboxylic acids is 2. The molecular weight excluding hydrogens is 358 g/mol. The van der Waals surface area contributed by atoms with E-state index < -0.39 is 16.1 Å². The molecular formula is C17H23N3O5S. The number of morpholine rings is 1. The van der Waals surface area contributed by atoms with Crippen molar-refractivity contribution in [3.63, 3.8) is 0 Å². The van der Waals surface area contributed by atoms with Crippen LogP contribution in [-0.2, 0) is 30.8 Å². The van der Waals surface area contributed by atoms with Crippen molar-refractivity contribution >= 4 is 27.5 Å². The van der Waals surface area contributed by atoms with Crippen molar-refractivity contribution in [1.29, 1.82) is 0 Å². The van der Waals surface area contributed by atoms with Crippen LogP contribution in [0.25, 0.3) is 0 Å². The van der Waals surface area contributed by atoms with Gasteiger partial charge in [-0.25, -0.2) is 8.42 Å². The molecule has 142 valence electrons. The van der Waals surface area contributed by atoms with Gasteiger partial charge in [-0.3, -0.25) is 9.59 Å². The van der Waals surface area contributed by atoms with E-state index in [0.717, 1.165) is 0 Å². The predicted molar refractivity (Wildman–Crippen MR) is 95.1 cm³/mol. The SMILES string of the molecule is CC(C)[C@H](NS(=O)(=O)c1ccc2c(c1)CC(=O)N2)C(=O)N1CCOCC1. The number of rotatable bonds is 5. The number of fused-ring (bicyclic) bond motifs is 1. The summed E-state index contributed by atoms with van der Waals surface area (Å²) in [6.07, 6.45) is 0.152. The molecule has 2 amide bonds. The first-order valence-corrected chi connectivity index (χ1v) is 10.1. The van der Waals surface area contributed by atoms with Crippen LogP contribution in [0.4, 0.5) is 5.69 Å². The molecule has 3 rings (SSSR count). The fourth-order valence-electron chi connectivity index (χ4n) is 3.06. The van der Waals surface area contributed by atoms with Gasteiger partial charge in [0.15, 0.2) is 0 Å². The Morgan fingerprint density at radius 1 is 1.27 bits per heavy atom. The van der Waals surface area contributed by atoms with Crippen LogP contribution in [0.3, 0.4) is 0 Å². The van der Waals surface area contributed by atoms with Gasteiger partial charge in [0.1, 0.15) is 6.04 Å². The molecule has 0 saturated carbocycles. The molecule has 0 spiro atoms. The molecule has 0 aromatic heterocycles. The second-order valence-corrected chi connectivity index (χ2v) is 8.54. The second kappa shape index (κ2) is 7.34. The van der Waals surface area contributed by atoms with Crippen LogP contribution in [-0.4, -0.2) is 57.5 Å². The Bertz CT molecular complexity index is 816. The zero-order valence-corrected chi connectivity index (χ0v) is 15.6. The highest BCUT2D eigenvalue weighted by molar-refractivity contribution is 7.89. The van der Waals surface area contributed by atoms with Gasteiger partial charge in [-0.2, -0.15) is 4.72 Å². The maximum atomic E-state index is 12.8. The first-order valence-electron chi connectivity index (χ1n) is 8.59. The standard InChI is InChI=1S/C17H23N3O5S/c1-11(2)16(17(22)20-5-7-25-8-6-20)19-26(23,24)13-3-4-14-12(9-13)10-15(21)18-14/h3-4,9,11,16,19H,5-8,10H2,1-2H3,(H,18,21)/t16-/m0/s1. The van der Waals surface area contributed by atoms with E-state index in [0.29, 0.717) is 37.6 Å². The number of anilines is 1. The molecule has 26 heavy (non-hydrogen) atoms.